The predicted octanol–water partition coefficient (Wildman–Crippen LogP) is 0.0104. The molecule has 0 aromatic heterocycles. The molecule has 1 saturated heterocycles. The summed E-state index contributed by atoms with van der Waals surface area (Å²) in [6.45, 7) is 0.166. The molecule has 1 aromatic carbocycles. The van der Waals surface area contributed by atoms with E-state index in [1.54, 1.807) is 0 Å². The lowest BCUT2D eigenvalue weighted by Gasteiger charge is -2.21. The minimum atomic E-state index is -4.10. The van der Waals surface area contributed by atoms with Crippen molar-refractivity contribution in [2.45, 2.75) is 10.9 Å². The van der Waals surface area contributed by atoms with Crippen LogP contribution >= 0.6 is 0 Å². The van der Waals surface area contributed by atoms with Gasteiger partial charge in [-0.05, 0) is 12.1 Å². The number of hydrogen-bond acceptors (Lipinski definition) is 5. The smallest absolute Gasteiger partial charge is 0.243 e. The van der Waals surface area contributed by atoms with E-state index >= 15 is 0 Å². The van der Waals surface area contributed by atoms with Gasteiger partial charge < -0.3 is 4.74 Å². The van der Waals surface area contributed by atoms with Crippen LogP contribution < -0.4 is 4.72 Å². The first-order valence-corrected chi connectivity index (χ1v) is 9.97. The van der Waals surface area contributed by atoms with Gasteiger partial charge in [-0.3, -0.25) is 0 Å². The van der Waals surface area contributed by atoms with Crippen LogP contribution in [0, 0.1) is 11.7 Å². The Hall–Kier alpha value is -1.07. The average Bonchev–Trinajstić information content (AvgIpc) is 2.84. The minimum Gasteiger partial charge on any atom is -0.379 e. The Morgan fingerprint density at radius 3 is 2.48 bits per heavy atom. The first kappa shape index (κ1) is 18.3. The summed E-state index contributed by atoms with van der Waals surface area (Å²) in [7, 11) is -4.78. The van der Waals surface area contributed by atoms with Crippen LogP contribution in [0.1, 0.15) is 0 Å². The fourth-order valence-corrected chi connectivity index (χ4v) is 4.77. The van der Waals surface area contributed by atoms with Gasteiger partial charge in [0.25, 0.3) is 0 Å². The standard InChI is InChI=1S/C13H19FN2O5S2/c1-16(2)22(17,18)9-10-7-21-8-12(10)15-23(19,20)13-6-4-3-5-11(13)14/h3-6,10,12,15H,7-9H2,1-2H3/t10-,12-/m0/s1. The fraction of sp³-hybridized carbons (Fsp3) is 0.538. The van der Waals surface area contributed by atoms with Crippen molar-refractivity contribution in [3.05, 3.63) is 30.1 Å². The van der Waals surface area contributed by atoms with Gasteiger partial charge in [0, 0.05) is 20.0 Å². The van der Waals surface area contributed by atoms with E-state index in [4.69, 9.17) is 4.74 Å². The number of nitrogens with zero attached hydrogens (tertiary/aromatic N) is 1. The van der Waals surface area contributed by atoms with Crippen molar-refractivity contribution in [1.29, 1.82) is 0 Å². The zero-order valence-corrected chi connectivity index (χ0v) is 14.4. The van der Waals surface area contributed by atoms with E-state index in [9.17, 15) is 21.2 Å². The van der Waals surface area contributed by atoms with Gasteiger partial charge in [0.15, 0.2) is 0 Å². The summed E-state index contributed by atoms with van der Waals surface area (Å²) in [5.41, 5.74) is 0. The second-order valence-corrected chi connectivity index (χ2v) is 9.43. The van der Waals surface area contributed by atoms with Gasteiger partial charge in [0.2, 0.25) is 20.0 Å². The minimum absolute atomic E-state index is 0.0430. The molecular formula is C13H19FN2O5S2. The molecule has 0 radical (unpaired) electrons. The number of rotatable bonds is 6. The van der Waals surface area contributed by atoms with Crippen LogP contribution in [0.3, 0.4) is 0 Å². The summed E-state index contributed by atoms with van der Waals surface area (Å²) in [6.07, 6.45) is 0. The molecule has 2 rings (SSSR count). The Labute approximate surface area is 135 Å². The molecule has 1 aliphatic heterocycles. The molecule has 1 N–H and O–H groups in total. The van der Waals surface area contributed by atoms with E-state index in [0.717, 1.165) is 16.4 Å². The number of benzene rings is 1. The maximum Gasteiger partial charge on any atom is 0.243 e. The summed E-state index contributed by atoms with van der Waals surface area (Å²) in [5, 5.41) is 0. The lowest BCUT2D eigenvalue weighted by atomic mass is 10.1. The van der Waals surface area contributed by atoms with Crippen LogP contribution in [0.4, 0.5) is 4.39 Å². The molecular weight excluding hydrogens is 347 g/mol. The highest BCUT2D eigenvalue weighted by Crippen LogP contribution is 2.21. The Morgan fingerprint density at radius 2 is 1.87 bits per heavy atom. The van der Waals surface area contributed by atoms with Crippen molar-refractivity contribution in [2.24, 2.45) is 5.92 Å². The van der Waals surface area contributed by atoms with Gasteiger partial charge in [-0.2, -0.15) is 0 Å². The van der Waals surface area contributed by atoms with Crippen molar-refractivity contribution in [1.82, 2.24) is 9.03 Å². The zero-order valence-electron chi connectivity index (χ0n) is 12.8. The molecule has 0 saturated carbocycles. The van der Waals surface area contributed by atoms with Crippen LogP contribution in [-0.4, -0.2) is 60.2 Å². The lowest BCUT2D eigenvalue weighted by molar-refractivity contribution is 0.185. The van der Waals surface area contributed by atoms with Crippen molar-refractivity contribution >= 4 is 20.0 Å². The topological polar surface area (TPSA) is 92.8 Å². The van der Waals surface area contributed by atoms with Gasteiger partial charge in [0.1, 0.15) is 10.7 Å². The SMILES string of the molecule is CN(C)S(=O)(=O)C[C@@H]1COC[C@@H]1NS(=O)(=O)c1ccccc1F. The lowest BCUT2D eigenvalue weighted by Crippen LogP contribution is -2.43. The van der Waals surface area contributed by atoms with E-state index in [2.05, 4.69) is 4.72 Å². The van der Waals surface area contributed by atoms with Crippen molar-refractivity contribution in [2.75, 3.05) is 33.1 Å². The predicted molar refractivity (Wildman–Crippen MR) is 82.3 cm³/mol. The Morgan fingerprint density at radius 1 is 1.22 bits per heavy atom. The second kappa shape index (κ2) is 6.81. The third-order valence-corrected chi connectivity index (χ3v) is 7.10. The average molecular weight is 366 g/mol. The van der Waals surface area contributed by atoms with E-state index in [0.29, 0.717) is 0 Å². The summed E-state index contributed by atoms with van der Waals surface area (Å²) in [4.78, 5) is -0.471. The highest BCUT2D eigenvalue weighted by Gasteiger charge is 2.36. The van der Waals surface area contributed by atoms with Gasteiger partial charge in [-0.1, -0.05) is 12.1 Å². The van der Waals surface area contributed by atoms with Crippen LogP contribution in [0.15, 0.2) is 29.2 Å². The van der Waals surface area contributed by atoms with Crippen LogP contribution in [0.2, 0.25) is 0 Å². The Kier molecular flexibility index (Phi) is 5.41. The zero-order chi connectivity index (χ0) is 17.3. The fourth-order valence-electron chi connectivity index (χ4n) is 2.24. The van der Waals surface area contributed by atoms with Crippen LogP contribution in [0.5, 0.6) is 0 Å². The molecule has 1 aliphatic rings. The highest BCUT2D eigenvalue weighted by atomic mass is 32.2. The first-order valence-electron chi connectivity index (χ1n) is 6.88. The van der Waals surface area contributed by atoms with Gasteiger partial charge in [-0.15, -0.1) is 0 Å². The number of halogens is 1. The molecule has 130 valence electrons. The molecule has 7 nitrogen and oxygen atoms in total. The molecule has 23 heavy (non-hydrogen) atoms. The molecule has 1 fully saturated rings. The third-order valence-electron chi connectivity index (χ3n) is 3.61. The van der Waals surface area contributed by atoms with E-state index in [1.807, 2.05) is 0 Å². The molecule has 0 amide bonds. The largest absolute Gasteiger partial charge is 0.379 e. The second-order valence-electron chi connectivity index (χ2n) is 5.52. The monoisotopic (exact) mass is 366 g/mol. The van der Waals surface area contributed by atoms with Gasteiger partial charge >= 0.3 is 0 Å². The van der Waals surface area contributed by atoms with E-state index < -0.39 is 42.7 Å². The normalized spacial score (nSPS) is 22.6. The number of hydrogen-bond donors (Lipinski definition) is 1. The third kappa shape index (κ3) is 4.27. The van der Waals surface area contributed by atoms with Gasteiger partial charge in [-0.25, -0.2) is 30.3 Å². The summed E-state index contributed by atoms with van der Waals surface area (Å²) in [6, 6.07) is 4.28. The van der Waals surface area contributed by atoms with E-state index in [1.165, 1.54) is 26.2 Å². The summed E-state index contributed by atoms with van der Waals surface area (Å²) >= 11 is 0. The molecule has 1 aromatic rings. The molecule has 0 aliphatic carbocycles. The molecule has 0 spiro atoms. The number of ether oxygens (including phenoxy) is 1. The first-order chi connectivity index (χ1) is 10.6. The van der Waals surface area contributed by atoms with Crippen molar-refractivity contribution < 1.29 is 26.0 Å². The number of sulfonamides is 2. The molecule has 0 unspecified atom stereocenters. The van der Waals surface area contributed by atoms with Crippen LogP contribution in [0.25, 0.3) is 0 Å². The number of nitrogens with one attached hydrogen (secondary N) is 1. The summed E-state index contributed by atoms with van der Waals surface area (Å²) in [5.74, 6) is -1.65. The Balaban J connectivity index is 2.17. The Bertz CT molecular complexity index is 764. The molecule has 1 heterocycles. The molecule has 0 bridgehead atoms. The molecule has 2 atom stereocenters. The van der Waals surface area contributed by atoms with Crippen molar-refractivity contribution in [3.63, 3.8) is 0 Å². The maximum absolute atomic E-state index is 13.7. The molecule has 10 heteroatoms. The van der Waals surface area contributed by atoms with Crippen molar-refractivity contribution in [3.8, 4) is 0 Å². The van der Waals surface area contributed by atoms with E-state index in [-0.39, 0.29) is 19.0 Å². The highest BCUT2D eigenvalue weighted by molar-refractivity contribution is 7.89. The summed E-state index contributed by atoms with van der Waals surface area (Å²) < 4.78 is 70.8. The maximum atomic E-state index is 13.7. The van der Waals surface area contributed by atoms with Gasteiger partial charge in [0.05, 0.1) is 25.0 Å². The van der Waals surface area contributed by atoms with Crippen LogP contribution in [-0.2, 0) is 24.8 Å². The quantitative estimate of drug-likeness (QED) is 0.766.